The summed E-state index contributed by atoms with van der Waals surface area (Å²) in [6.07, 6.45) is 0.649. The molecule has 0 unspecified atom stereocenters. The molecule has 0 radical (unpaired) electrons. The fourth-order valence-corrected chi connectivity index (χ4v) is 2.21. The summed E-state index contributed by atoms with van der Waals surface area (Å²) in [6.45, 7) is 1.67. The van der Waals surface area contributed by atoms with Gasteiger partial charge >= 0.3 is 0 Å². The van der Waals surface area contributed by atoms with Gasteiger partial charge in [-0.3, -0.25) is 9.59 Å². The van der Waals surface area contributed by atoms with Crippen molar-refractivity contribution in [3.63, 3.8) is 0 Å². The first-order chi connectivity index (χ1) is 11.5. The predicted octanol–water partition coefficient (Wildman–Crippen LogP) is 2.80. The Hall–Kier alpha value is -2.66. The molecule has 2 rings (SSSR count). The number of hydrazone groups is 1. The predicted molar refractivity (Wildman–Crippen MR) is 95.2 cm³/mol. The summed E-state index contributed by atoms with van der Waals surface area (Å²) in [4.78, 5) is 23.6. The summed E-state index contributed by atoms with van der Waals surface area (Å²) in [5, 5.41) is 7.02. The van der Waals surface area contributed by atoms with Gasteiger partial charge in [-0.15, -0.1) is 0 Å². The van der Waals surface area contributed by atoms with E-state index in [9.17, 15) is 9.59 Å². The Labute approximate surface area is 145 Å². The molecular weight excluding hydrogens is 326 g/mol. The third-order valence-corrected chi connectivity index (χ3v) is 3.41. The molecule has 0 aliphatic heterocycles. The largest absolute Gasteiger partial charge is 0.343 e. The van der Waals surface area contributed by atoms with Crippen molar-refractivity contribution in [2.75, 3.05) is 6.54 Å². The van der Waals surface area contributed by atoms with Crippen LogP contribution in [0.4, 0.5) is 0 Å². The van der Waals surface area contributed by atoms with Crippen LogP contribution in [0.25, 0.3) is 0 Å². The summed E-state index contributed by atoms with van der Waals surface area (Å²) in [6, 6.07) is 16.3. The molecule has 5 nitrogen and oxygen atoms in total. The first-order valence-electron chi connectivity index (χ1n) is 7.44. The van der Waals surface area contributed by atoms with Crippen LogP contribution in [0.15, 0.2) is 59.7 Å². The van der Waals surface area contributed by atoms with E-state index in [2.05, 4.69) is 15.8 Å². The van der Waals surface area contributed by atoms with Crippen molar-refractivity contribution in [2.24, 2.45) is 5.10 Å². The number of amides is 2. The summed E-state index contributed by atoms with van der Waals surface area (Å²) in [5.74, 6) is -0.754. The third kappa shape index (κ3) is 5.85. The van der Waals surface area contributed by atoms with E-state index in [4.69, 9.17) is 11.6 Å². The van der Waals surface area contributed by atoms with Crippen LogP contribution >= 0.6 is 11.6 Å². The fraction of sp³-hybridized carbons (Fsp3) is 0.167. The third-order valence-electron chi connectivity index (χ3n) is 3.17. The van der Waals surface area contributed by atoms with E-state index in [0.29, 0.717) is 17.0 Å². The lowest BCUT2D eigenvalue weighted by molar-refractivity contribution is -0.120. The van der Waals surface area contributed by atoms with E-state index in [1.165, 1.54) is 6.07 Å². The Morgan fingerprint density at radius 2 is 1.83 bits per heavy atom. The molecule has 0 fully saturated rings. The number of carbonyl (C=O) groups excluding carboxylic acids is 2. The number of hydrogen-bond donors (Lipinski definition) is 2. The molecule has 2 aromatic rings. The fourth-order valence-electron chi connectivity index (χ4n) is 2.02. The SMILES string of the molecule is C/C(Cc1ccccc1)=N/NC(=O)CNC(=O)c1cccc(Cl)c1. The first kappa shape index (κ1) is 17.7. The average molecular weight is 344 g/mol. The normalized spacial score (nSPS) is 11.0. The maximum absolute atomic E-state index is 11.9. The summed E-state index contributed by atoms with van der Waals surface area (Å²) in [7, 11) is 0. The Balaban J connectivity index is 1.78. The zero-order valence-electron chi connectivity index (χ0n) is 13.3. The molecule has 2 N–H and O–H groups in total. The van der Waals surface area contributed by atoms with Gasteiger partial charge in [0.15, 0.2) is 0 Å². The minimum atomic E-state index is -0.391. The molecule has 124 valence electrons. The second-order valence-electron chi connectivity index (χ2n) is 5.24. The van der Waals surface area contributed by atoms with Gasteiger partial charge in [-0.25, -0.2) is 5.43 Å². The number of benzene rings is 2. The second kappa shape index (κ2) is 8.84. The zero-order chi connectivity index (χ0) is 17.4. The standard InChI is InChI=1S/C18H18ClN3O2/c1-13(10-14-6-3-2-4-7-14)21-22-17(23)12-20-18(24)15-8-5-9-16(19)11-15/h2-9,11H,10,12H2,1H3,(H,20,24)(H,22,23)/b21-13-. The lowest BCUT2D eigenvalue weighted by atomic mass is 10.1. The highest BCUT2D eigenvalue weighted by Gasteiger charge is 2.08. The first-order valence-corrected chi connectivity index (χ1v) is 7.82. The molecule has 0 atom stereocenters. The Morgan fingerprint density at radius 3 is 2.54 bits per heavy atom. The van der Waals surface area contributed by atoms with Crippen LogP contribution in [0.1, 0.15) is 22.8 Å². The zero-order valence-corrected chi connectivity index (χ0v) is 14.0. The van der Waals surface area contributed by atoms with Gasteiger partial charge in [0.1, 0.15) is 0 Å². The van der Waals surface area contributed by atoms with Crippen LogP contribution in [0.2, 0.25) is 5.02 Å². The molecule has 0 heterocycles. The summed E-state index contributed by atoms with van der Waals surface area (Å²) in [5.41, 5.74) is 4.72. The number of nitrogens with zero attached hydrogens (tertiary/aromatic N) is 1. The number of rotatable bonds is 6. The lowest BCUT2D eigenvalue weighted by Gasteiger charge is -2.06. The quantitative estimate of drug-likeness (QED) is 0.625. The van der Waals surface area contributed by atoms with Gasteiger partial charge in [-0.1, -0.05) is 48.0 Å². The summed E-state index contributed by atoms with van der Waals surface area (Å²) >= 11 is 5.83. The molecular formula is C18H18ClN3O2. The van der Waals surface area contributed by atoms with Crippen molar-refractivity contribution < 1.29 is 9.59 Å². The van der Waals surface area contributed by atoms with Crippen molar-refractivity contribution in [1.29, 1.82) is 0 Å². The number of hydrogen-bond acceptors (Lipinski definition) is 3. The van der Waals surface area contributed by atoms with E-state index in [1.54, 1.807) is 18.2 Å². The van der Waals surface area contributed by atoms with Gasteiger partial charge in [-0.2, -0.15) is 5.10 Å². The van der Waals surface area contributed by atoms with Gasteiger partial charge in [0.2, 0.25) is 0 Å². The minimum Gasteiger partial charge on any atom is -0.343 e. The van der Waals surface area contributed by atoms with Crippen molar-refractivity contribution in [3.05, 3.63) is 70.7 Å². The highest BCUT2D eigenvalue weighted by molar-refractivity contribution is 6.30. The minimum absolute atomic E-state index is 0.159. The Kier molecular flexibility index (Phi) is 6.51. The topological polar surface area (TPSA) is 70.6 Å². The molecule has 0 aliphatic carbocycles. The number of carbonyl (C=O) groups is 2. The second-order valence-corrected chi connectivity index (χ2v) is 5.67. The van der Waals surface area contributed by atoms with E-state index in [-0.39, 0.29) is 12.5 Å². The maximum Gasteiger partial charge on any atom is 0.259 e. The number of nitrogens with one attached hydrogen (secondary N) is 2. The smallest absolute Gasteiger partial charge is 0.259 e. The van der Waals surface area contributed by atoms with E-state index in [0.717, 1.165) is 11.3 Å². The maximum atomic E-state index is 11.9. The van der Waals surface area contributed by atoms with Gasteiger partial charge < -0.3 is 5.32 Å². The molecule has 24 heavy (non-hydrogen) atoms. The van der Waals surface area contributed by atoms with E-state index in [1.807, 2.05) is 37.3 Å². The van der Waals surface area contributed by atoms with E-state index >= 15 is 0 Å². The molecule has 0 spiro atoms. The van der Waals surface area contributed by atoms with Gasteiger partial charge in [0.25, 0.3) is 11.8 Å². The monoisotopic (exact) mass is 343 g/mol. The van der Waals surface area contributed by atoms with Gasteiger partial charge in [0, 0.05) is 22.7 Å². The van der Waals surface area contributed by atoms with Crippen molar-refractivity contribution >= 4 is 29.1 Å². The highest BCUT2D eigenvalue weighted by Crippen LogP contribution is 2.10. The average Bonchev–Trinajstić information content (AvgIpc) is 2.58. The highest BCUT2D eigenvalue weighted by atomic mass is 35.5. The molecule has 0 saturated carbocycles. The number of halogens is 1. The van der Waals surface area contributed by atoms with Crippen LogP contribution in [0.3, 0.4) is 0 Å². The molecule has 2 amide bonds. The van der Waals surface area contributed by atoms with Crippen molar-refractivity contribution in [2.45, 2.75) is 13.3 Å². The lowest BCUT2D eigenvalue weighted by Crippen LogP contribution is -2.35. The van der Waals surface area contributed by atoms with Crippen LogP contribution in [0, 0.1) is 0 Å². The van der Waals surface area contributed by atoms with Crippen LogP contribution < -0.4 is 10.7 Å². The Morgan fingerprint density at radius 1 is 1.08 bits per heavy atom. The molecule has 6 heteroatoms. The van der Waals surface area contributed by atoms with Gasteiger partial charge in [0.05, 0.1) is 6.54 Å². The van der Waals surface area contributed by atoms with Crippen molar-refractivity contribution in [1.82, 2.24) is 10.7 Å². The molecule has 2 aromatic carbocycles. The molecule has 0 aromatic heterocycles. The van der Waals surface area contributed by atoms with Crippen LogP contribution in [-0.2, 0) is 11.2 Å². The summed E-state index contributed by atoms with van der Waals surface area (Å²) < 4.78 is 0. The Bertz CT molecular complexity index is 745. The molecule has 0 aliphatic rings. The van der Waals surface area contributed by atoms with Gasteiger partial charge in [-0.05, 0) is 30.7 Å². The molecule has 0 bridgehead atoms. The molecule has 0 saturated heterocycles. The van der Waals surface area contributed by atoms with Crippen molar-refractivity contribution in [3.8, 4) is 0 Å². The van der Waals surface area contributed by atoms with E-state index < -0.39 is 5.91 Å². The van der Waals surface area contributed by atoms with Crippen LogP contribution in [-0.4, -0.2) is 24.1 Å². The van der Waals surface area contributed by atoms with Crippen LogP contribution in [0.5, 0.6) is 0 Å².